The molecule has 0 aliphatic rings. The van der Waals surface area contributed by atoms with E-state index in [0.29, 0.717) is 11.8 Å². The maximum absolute atomic E-state index is 9.04. The van der Waals surface area contributed by atoms with Crippen molar-refractivity contribution >= 4 is 11.9 Å². The lowest BCUT2D eigenvalue weighted by atomic mass is 10.4. The van der Waals surface area contributed by atoms with Crippen LogP contribution in [0.5, 0.6) is 0 Å². The number of aliphatic hydroxyl groups is 2. The number of hydrogen-bond donors (Lipinski definition) is 4. The van der Waals surface area contributed by atoms with Crippen LogP contribution >= 0.6 is 0 Å². The number of hydrogen-bond acceptors (Lipinski definition) is 7. The second-order valence-electron chi connectivity index (χ2n) is 2.78. The number of aliphatic hydroxyl groups excluding tert-OH is 2. The zero-order chi connectivity index (χ0) is 10.6. The van der Waals surface area contributed by atoms with Crippen LogP contribution in [-0.4, -0.2) is 44.4 Å². The predicted octanol–water partition coefficient (Wildman–Crippen LogP) is -1.47. The first-order valence-electron chi connectivity index (χ1n) is 4.12. The third kappa shape index (κ3) is 3.11. The molecule has 0 saturated carbocycles. The first-order valence-corrected chi connectivity index (χ1v) is 4.12. The quantitative estimate of drug-likeness (QED) is 0.467. The van der Waals surface area contributed by atoms with Gasteiger partial charge < -0.3 is 21.3 Å². The Hall–Kier alpha value is -1.47. The summed E-state index contributed by atoms with van der Waals surface area (Å²) >= 11 is 0. The number of nitrogens with one attached hydrogen (secondary N) is 1. The number of aromatic nitrogens is 3. The molecule has 0 amide bonds. The number of aryl methyl sites for hydroxylation is 1. The number of rotatable bonds is 4. The van der Waals surface area contributed by atoms with Gasteiger partial charge in [-0.2, -0.15) is 15.0 Å². The van der Waals surface area contributed by atoms with Gasteiger partial charge in [0.2, 0.25) is 11.9 Å². The van der Waals surface area contributed by atoms with Crippen molar-refractivity contribution in [1.82, 2.24) is 15.0 Å². The molecule has 0 aliphatic heterocycles. The van der Waals surface area contributed by atoms with Gasteiger partial charge in [-0.1, -0.05) is 0 Å². The first kappa shape index (κ1) is 10.6. The highest BCUT2D eigenvalue weighted by Crippen LogP contribution is 2.01. The van der Waals surface area contributed by atoms with Crippen LogP contribution in [-0.2, 0) is 0 Å². The molecule has 78 valence electrons. The van der Waals surface area contributed by atoms with Gasteiger partial charge >= 0.3 is 0 Å². The van der Waals surface area contributed by atoms with Crippen molar-refractivity contribution in [1.29, 1.82) is 0 Å². The summed E-state index contributed by atoms with van der Waals surface area (Å²) in [4.78, 5) is 11.5. The fourth-order valence-electron chi connectivity index (χ4n) is 0.855. The molecule has 1 rings (SSSR count). The molecule has 0 bridgehead atoms. The molecule has 1 atom stereocenters. The van der Waals surface area contributed by atoms with Crippen LogP contribution in [0.3, 0.4) is 0 Å². The van der Waals surface area contributed by atoms with E-state index in [2.05, 4.69) is 20.3 Å². The van der Waals surface area contributed by atoms with Crippen molar-refractivity contribution < 1.29 is 10.2 Å². The van der Waals surface area contributed by atoms with Crippen LogP contribution in [0.2, 0.25) is 0 Å². The number of anilines is 2. The van der Waals surface area contributed by atoms with Crippen molar-refractivity contribution in [3.8, 4) is 0 Å². The van der Waals surface area contributed by atoms with Crippen LogP contribution in [0.25, 0.3) is 0 Å². The lowest BCUT2D eigenvalue weighted by Crippen LogP contribution is -2.24. The Morgan fingerprint density at radius 1 is 1.43 bits per heavy atom. The van der Waals surface area contributed by atoms with E-state index < -0.39 is 6.10 Å². The predicted molar refractivity (Wildman–Crippen MR) is 50.6 cm³/mol. The van der Waals surface area contributed by atoms with Crippen molar-refractivity contribution in [2.75, 3.05) is 24.2 Å². The van der Waals surface area contributed by atoms with E-state index in [9.17, 15) is 0 Å². The Morgan fingerprint density at radius 2 is 2.14 bits per heavy atom. The minimum Gasteiger partial charge on any atom is -0.394 e. The SMILES string of the molecule is Cc1nc(N)nc(NCC(O)CO)n1. The Morgan fingerprint density at radius 3 is 2.71 bits per heavy atom. The van der Waals surface area contributed by atoms with Gasteiger partial charge in [0.15, 0.2) is 0 Å². The normalized spacial score (nSPS) is 12.5. The van der Waals surface area contributed by atoms with Gasteiger partial charge in [0, 0.05) is 6.54 Å². The molecule has 1 aromatic rings. The summed E-state index contributed by atoms with van der Waals surface area (Å²) in [5, 5.41) is 20.3. The van der Waals surface area contributed by atoms with Crippen LogP contribution < -0.4 is 11.1 Å². The van der Waals surface area contributed by atoms with E-state index in [1.54, 1.807) is 6.92 Å². The monoisotopic (exact) mass is 199 g/mol. The molecule has 0 aromatic carbocycles. The molecule has 1 unspecified atom stereocenters. The van der Waals surface area contributed by atoms with Gasteiger partial charge in [-0.15, -0.1) is 0 Å². The van der Waals surface area contributed by atoms with Crippen molar-refractivity contribution in [3.05, 3.63) is 5.82 Å². The first-order chi connectivity index (χ1) is 6.61. The van der Waals surface area contributed by atoms with Crippen molar-refractivity contribution in [3.63, 3.8) is 0 Å². The van der Waals surface area contributed by atoms with Gasteiger partial charge in [-0.25, -0.2) is 0 Å². The average Bonchev–Trinajstić information content (AvgIpc) is 2.12. The molecule has 1 aromatic heterocycles. The zero-order valence-electron chi connectivity index (χ0n) is 7.80. The fourth-order valence-corrected chi connectivity index (χ4v) is 0.855. The third-order valence-corrected chi connectivity index (χ3v) is 1.47. The lowest BCUT2D eigenvalue weighted by Gasteiger charge is -2.08. The Kier molecular flexibility index (Phi) is 3.55. The van der Waals surface area contributed by atoms with Crippen LogP contribution in [0.15, 0.2) is 0 Å². The summed E-state index contributed by atoms with van der Waals surface area (Å²) in [6, 6.07) is 0. The number of nitrogens with two attached hydrogens (primary N) is 1. The molecule has 0 spiro atoms. The van der Waals surface area contributed by atoms with Gasteiger partial charge in [-0.3, -0.25) is 0 Å². The molecule has 0 aliphatic carbocycles. The summed E-state index contributed by atoms with van der Waals surface area (Å²) in [7, 11) is 0. The van der Waals surface area contributed by atoms with E-state index in [-0.39, 0.29) is 19.1 Å². The standard InChI is InChI=1S/C7H13N5O2/c1-4-10-6(8)12-7(11-4)9-2-5(14)3-13/h5,13-14H,2-3H2,1H3,(H3,8,9,10,11,12). The Labute approximate surface area is 81.0 Å². The molecular weight excluding hydrogens is 186 g/mol. The minimum absolute atomic E-state index is 0.124. The Bertz CT molecular complexity index is 286. The van der Waals surface area contributed by atoms with Gasteiger partial charge in [0.25, 0.3) is 0 Å². The second-order valence-corrected chi connectivity index (χ2v) is 2.78. The summed E-state index contributed by atoms with van der Waals surface area (Å²) in [6.45, 7) is 1.54. The summed E-state index contributed by atoms with van der Waals surface area (Å²) in [6.07, 6.45) is -0.840. The van der Waals surface area contributed by atoms with E-state index in [4.69, 9.17) is 15.9 Å². The molecule has 0 fully saturated rings. The molecule has 5 N–H and O–H groups in total. The highest BCUT2D eigenvalue weighted by atomic mass is 16.3. The van der Waals surface area contributed by atoms with Gasteiger partial charge in [0.05, 0.1) is 12.7 Å². The molecule has 7 nitrogen and oxygen atoms in total. The molecular formula is C7H13N5O2. The molecule has 1 heterocycles. The molecule has 7 heteroatoms. The highest BCUT2D eigenvalue weighted by molar-refractivity contribution is 5.30. The van der Waals surface area contributed by atoms with Crippen LogP contribution in [0.1, 0.15) is 5.82 Å². The zero-order valence-corrected chi connectivity index (χ0v) is 7.80. The smallest absolute Gasteiger partial charge is 0.227 e. The van der Waals surface area contributed by atoms with Gasteiger partial charge in [0.1, 0.15) is 5.82 Å². The molecule has 0 radical (unpaired) electrons. The fraction of sp³-hybridized carbons (Fsp3) is 0.571. The van der Waals surface area contributed by atoms with E-state index >= 15 is 0 Å². The van der Waals surface area contributed by atoms with E-state index in [1.807, 2.05) is 0 Å². The maximum atomic E-state index is 9.04. The van der Waals surface area contributed by atoms with E-state index in [1.165, 1.54) is 0 Å². The minimum atomic E-state index is -0.840. The van der Waals surface area contributed by atoms with Crippen molar-refractivity contribution in [2.45, 2.75) is 13.0 Å². The van der Waals surface area contributed by atoms with E-state index in [0.717, 1.165) is 0 Å². The summed E-state index contributed by atoms with van der Waals surface area (Å²) in [5.74, 6) is 0.916. The van der Waals surface area contributed by atoms with Crippen LogP contribution in [0.4, 0.5) is 11.9 Å². The van der Waals surface area contributed by atoms with Crippen LogP contribution in [0, 0.1) is 6.92 Å². The number of nitrogen functional groups attached to an aromatic ring is 1. The lowest BCUT2D eigenvalue weighted by molar-refractivity contribution is 0.105. The topological polar surface area (TPSA) is 117 Å². The largest absolute Gasteiger partial charge is 0.394 e. The third-order valence-electron chi connectivity index (χ3n) is 1.47. The molecule has 14 heavy (non-hydrogen) atoms. The maximum Gasteiger partial charge on any atom is 0.227 e. The summed E-state index contributed by atoms with van der Waals surface area (Å²) < 4.78 is 0. The highest BCUT2D eigenvalue weighted by Gasteiger charge is 2.04. The molecule has 0 saturated heterocycles. The van der Waals surface area contributed by atoms with Crippen molar-refractivity contribution in [2.24, 2.45) is 0 Å². The second kappa shape index (κ2) is 4.68. The summed E-state index contributed by atoms with van der Waals surface area (Å²) in [5.41, 5.74) is 5.38. The van der Waals surface area contributed by atoms with Gasteiger partial charge in [-0.05, 0) is 6.92 Å². The Balaban J connectivity index is 2.58. The number of nitrogens with zero attached hydrogens (tertiary/aromatic N) is 3. The average molecular weight is 199 g/mol.